The summed E-state index contributed by atoms with van der Waals surface area (Å²) in [4.78, 5) is 32.3. The maximum Gasteiger partial charge on any atom is 0.328 e. The lowest BCUT2D eigenvalue weighted by molar-refractivity contribution is -0.132. The van der Waals surface area contributed by atoms with Crippen molar-refractivity contribution >= 4 is 46.9 Å². The second kappa shape index (κ2) is 7.74. The van der Waals surface area contributed by atoms with Crippen LogP contribution in [0.3, 0.4) is 0 Å². The van der Waals surface area contributed by atoms with E-state index in [4.69, 9.17) is 15.3 Å². The van der Waals surface area contributed by atoms with Crippen molar-refractivity contribution in [1.29, 1.82) is 0 Å². The monoisotopic (exact) mass is 338 g/mol. The van der Waals surface area contributed by atoms with Gasteiger partial charge in [0, 0.05) is 18.2 Å². The predicted octanol–water partition coefficient (Wildman–Crippen LogP) is 3.13. The van der Waals surface area contributed by atoms with Gasteiger partial charge in [0.2, 0.25) is 0 Å². The maximum absolute atomic E-state index is 10.8. The minimum absolute atomic E-state index is 0.552. The van der Waals surface area contributed by atoms with E-state index in [9.17, 15) is 14.4 Å². The molecule has 2 rings (SSSR count). The van der Waals surface area contributed by atoms with Gasteiger partial charge in [0.15, 0.2) is 0 Å². The fourth-order valence-electron chi connectivity index (χ4n) is 2.33. The molecule has 0 fully saturated rings. The standard InChI is InChI=1S/C19H14O6/c20-17(21)7-4-12-10-14(6-9-19(24)25)15-3-1-2-13(16(15)11-12)5-8-18(22)23/h1-11H,(H,20,21)(H,22,23)(H,24,25)/b7-4+,8-5+,9-6+. The molecule has 126 valence electrons. The lowest BCUT2D eigenvalue weighted by atomic mass is 9.96. The summed E-state index contributed by atoms with van der Waals surface area (Å²) in [6.07, 6.45) is 7.19. The zero-order chi connectivity index (χ0) is 18.4. The van der Waals surface area contributed by atoms with Gasteiger partial charge in [-0.05, 0) is 57.8 Å². The molecule has 0 saturated carbocycles. The quantitative estimate of drug-likeness (QED) is 0.698. The highest BCUT2D eigenvalue weighted by Gasteiger charge is 2.05. The van der Waals surface area contributed by atoms with Crippen LogP contribution in [0.5, 0.6) is 0 Å². The number of aliphatic carboxylic acids is 3. The Kier molecular flexibility index (Phi) is 5.47. The lowest BCUT2D eigenvalue weighted by Gasteiger charge is -2.08. The first-order chi connectivity index (χ1) is 11.9. The number of carbonyl (C=O) groups is 3. The molecule has 3 N–H and O–H groups in total. The van der Waals surface area contributed by atoms with Crippen molar-refractivity contribution in [2.45, 2.75) is 0 Å². The fourth-order valence-corrected chi connectivity index (χ4v) is 2.33. The summed E-state index contributed by atoms with van der Waals surface area (Å²) in [5.41, 5.74) is 1.75. The van der Waals surface area contributed by atoms with E-state index in [1.807, 2.05) is 0 Å². The van der Waals surface area contributed by atoms with Crippen LogP contribution in [-0.2, 0) is 14.4 Å². The first-order valence-corrected chi connectivity index (χ1v) is 7.16. The summed E-state index contributed by atoms with van der Waals surface area (Å²) in [6.45, 7) is 0. The average Bonchev–Trinajstić information content (AvgIpc) is 2.55. The maximum atomic E-state index is 10.8. The van der Waals surface area contributed by atoms with Gasteiger partial charge in [0.05, 0.1) is 0 Å². The van der Waals surface area contributed by atoms with Gasteiger partial charge in [-0.2, -0.15) is 0 Å². The topological polar surface area (TPSA) is 112 Å². The smallest absolute Gasteiger partial charge is 0.328 e. The summed E-state index contributed by atoms with van der Waals surface area (Å²) in [5.74, 6) is -3.31. The Morgan fingerprint density at radius 1 is 0.680 bits per heavy atom. The van der Waals surface area contributed by atoms with Crippen LogP contribution in [0, 0.1) is 0 Å². The molecule has 0 amide bonds. The van der Waals surface area contributed by atoms with Gasteiger partial charge in [-0.3, -0.25) is 0 Å². The van der Waals surface area contributed by atoms with Crippen LogP contribution in [0.2, 0.25) is 0 Å². The van der Waals surface area contributed by atoms with Gasteiger partial charge in [0.25, 0.3) is 0 Å². The molecule has 2 aromatic rings. The van der Waals surface area contributed by atoms with Crippen molar-refractivity contribution in [3.05, 3.63) is 65.3 Å². The molecule has 0 heterocycles. The highest BCUT2D eigenvalue weighted by molar-refractivity contribution is 6.01. The molecule has 0 unspecified atom stereocenters. The minimum Gasteiger partial charge on any atom is -0.478 e. The number of fused-ring (bicyclic) bond motifs is 1. The van der Waals surface area contributed by atoms with E-state index in [0.29, 0.717) is 22.1 Å². The highest BCUT2D eigenvalue weighted by atomic mass is 16.4. The van der Waals surface area contributed by atoms with Crippen molar-refractivity contribution in [2.75, 3.05) is 0 Å². The molecular weight excluding hydrogens is 324 g/mol. The highest BCUT2D eigenvalue weighted by Crippen LogP contribution is 2.27. The van der Waals surface area contributed by atoms with Crippen molar-refractivity contribution < 1.29 is 29.7 Å². The number of benzene rings is 2. The molecule has 0 spiro atoms. The molecular formula is C19H14O6. The first-order valence-electron chi connectivity index (χ1n) is 7.16. The van der Waals surface area contributed by atoms with E-state index in [2.05, 4.69) is 0 Å². The van der Waals surface area contributed by atoms with Crippen molar-refractivity contribution in [2.24, 2.45) is 0 Å². The van der Waals surface area contributed by atoms with E-state index >= 15 is 0 Å². The molecule has 0 aliphatic rings. The Hall–Kier alpha value is -3.67. The van der Waals surface area contributed by atoms with Crippen LogP contribution in [0.15, 0.2) is 48.6 Å². The second-order valence-electron chi connectivity index (χ2n) is 5.07. The Labute approximate surface area is 142 Å². The van der Waals surface area contributed by atoms with Crippen LogP contribution < -0.4 is 0 Å². The van der Waals surface area contributed by atoms with E-state index < -0.39 is 17.9 Å². The van der Waals surface area contributed by atoms with E-state index in [-0.39, 0.29) is 0 Å². The van der Waals surface area contributed by atoms with E-state index in [1.54, 1.807) is 30.3 Å². The number of carboxylic acid groups (broad SMARTS) is 3. The second-order valence-corrected chi connectivity index (χ2v) is 5.07. The third kappa shape index (κ3) is 4.90. The summed E-state index contributed by atoms with van der Waals surface area (Å²) in [7, 11) is 0. The van der Waals surface area contributed by atoms with Crippen molar-refractivity contribution in [1.82, 2.24) is 0 Å². The largest absolute Gasteiger partial charge is 0.478 e. The zero-order valence-corrected chi connectivity index (χ0v) is 12.9. The van der Waals surface area contributed by atoms with Crippen LogP contribution in [0.25, 0.3) is 29.0 Å². The minimum atomic E-state index is -1.11. The molecule has 0 atom stereocenters. The van der Waals surface area contributed by atoms with E-state index in [1.165, 1.54) is 18.2 Å². The number of rotatable bonds is 6. The Morgan fingerprint density at radius 2 is 1.24 bits per heavy atom. The predicted molar refractivity (Wildman–Crippen MR) is 94.0 cm³/mol. The third-order valence-electron chi connectivity index (χ3n) is 3.31. The molecule has 0 saturated heterocycles. The lowest BCUT2D eigenvalue weighted by Crippen LogP contribution is -1.90. The number of hydrogen-bond acceptors (Lipinski definition) is 3. The van der Waals surface area contributed by atoms with Crippen LogP contribution >= 0.6 is 0 Å². The molecule has 0 aromatic heterocycles. The third-order valence-corrected chi connectivity index (χ3v) is 3.31. The van der Waals surface area contributed by atoms with Crippen molar-refractivity contribution in [3.63, 3.8) is 0 Å². The van der Waals surface area contributed by atoms with E-state index in [0.717, 1.165) is 23.6 Å². The van der Waals surface area contributed by atoms with Crippen LogP contribution in [0.1, 0.15) is 16.7 Å². The zero-order valence-electron chi connectivity index (χ0n) is 12.9. The molecule has 0 aliphatic heterocycles. The van der Waals surface area contributed by atoms with Gasteiger partial charge < -0.3 is 15.3 Å². The van der Waals surface area contributed by atoms with Crippen LogP contribution in [-0.4, -0.2) is 33.2 Å². The molecule has 0 bridgehead atoms. The Balaban J connectivity index is 2.71. The molecule has 0 radical (unpaired) electrons. The normalized spacial score (nSPS) is 11.7. The van der Waals surface area contributed by atoms with Gasteiger partial charge in [-0.25, -0.2) is 14.4 Å². The van der Waals surface area contributed by atoms with Gasteiger partial charge in [0.1, 0.15) is 0 Å². The van der Waals surface area contributed by atoms with Crippen molar-refractivity contribution in [3.8, 4) is 0 Å². The number of hydrogen-bond donors (Lipinski definition) is 3. The summed E-state index contributed by atoms with van der Waals surface area (Å²) < 4.78 is 0. The van der Waals surface area contributed by atoms with Gasteiger partial charge >= 0.3 is 17.9 Å². The Morgan fingerprint density at radius 3 is 1.84 bits per heavy atom. The molecule has 0 aliphatic carbocycles. The molecule has 25 heavy (non-hydrogen) atoms. The summed E-state index contributed by atoms with van der Waals surface area (Å²) in [5, 5.41) is 27.8. The number of carboxylic acids is 3. The molecule has 2 aromatic carbocycles. The SMILES string of the molecule is O=C(O)/C=C/c1cc(/C=C/C(=O)O)c2cccc(/C=C/C(=O)O)c2c1. The van der Waals surface area contributed by atoms with Gasteiger partial charge in [-0.15, -0.1) is 0 Å². The summed E-state index contributed by atoms with van der Waals surface area (Å²) >= 11 is 0. The average molecular weight is 338 g/mol. The first kappa shape index (κ1) is 17.7. The van der Waals surface area contributed by atoms with Crippen LogP contribution in [0.4, 0.5) is 0 Å². The fraction of sp³-hybridized carbons (Fsp3) is 0. The van der Waals surface area contributed by atoms with Gasteiger partial charge in [-0.1, -0.05) is 18.2 Å². The molecule has 6 heteroatoms. The Bertz CT molecular complexity index is 934. The summed E-state index contributed by atoms with van der Waals surface area (Å²) in [6, 6.07) is 8.60. The molecule has 6 nitrogen and oxygen atoms in total.